The molecule has 2 fully saturated rings. The van der Waals surface area contributed by atoms with Crippen LogP contribution in [-0.2, 0) is 28.7 Å². The lowest BCUT2D eigenvalue weighted by molar-refractivity contribution is -0.159. The monoisotopic (exact) mass is 827 g/mol. The summed E-state index contributed by atoms with van der Waals surface area (Å²) >= 11 is 0. The van der Waals surface area contributed by atoms with Gasteiger partial charge in [0.15, 0.2) is 0 Å². The minimum atomic E-state index is -1.02. The van der Waals surface area contributed by atoms with Crippen molar-refractivity contribution >= 4 is 40.5 Å². The normalized spacial score (nSPS) is 19.4. The molecule has 5 rings (SSSR count). The smallest absolute Gasteiger partial charge is 0.329 e. The van der Waals surface area contributed by atoms with Crippen molar-refractivity contribution in [2.24, 2.45) is 17.3 Å². The van der Waals surface area contributed by atoms with Crippen LogP contribution in [0.5, 0.6) is 11.5 Å². The highest BCUT2D eigenvalue weighted by molar-refractivity contribution is 5.95. The molecule has 3 N–H and O–H groups in total. The van der Waals surface area contributed by atoms with Crippen molar-refractivity contribution in [3.8, 4) is 22.8 Å². The Morgan fingerprint density at radius 2 is 1.52 bits per heavy atom. The van der Waals surface area contributed by atoms with Gasteiger partial charge < -0.3 is 35.1 Å². The highest BCUT2D eigenvalue weighted by Crippen LogP contribution is 2.39. The fourth-order valence-electron chi connectivity index (χ4n) is 8.18. The van der Waals surface area contributed by atoms with Gasteiger partial charge in [0.2, 0.25) is 23.6 Å². The second kappa shape index (κ2) is 19.9. The van der Waals surface area contributed by atoms with Crippen molar-refractivity contribution < 1.29 is 38.2 Å². The maximum absolute atomic E-state index is 14.5. The van der Waals surface area contributed by atoms with Gasteiger partial charge in [0.1, 0.15) is 35.3 Å². The molecular formula is C47H65N5O8. The summed E-state index contributed by atoms with van der Waals surface area (Å²) in [4.78, 5) is 75.7. The summed E-state index contributed by atoms with van der Waals surface area (Å²) < 4.78 is 17.9. The topological polar surface area (TPSA) is 165 Å². The summed E-state index contributed by atoms with van der Waals surface area (Å²) in [6.07, 6.45) is 5.84. The van der Waals surface area contributed by atoms with Crippen LogP contribution < -0.4 is 25.4 Å². The van der Waals surface area contributed by atoms with Crippen LogP contribution in [0.2, 0.25) is 0 Å². The van der Waals surface area contributed by atoms with Gasteiger partial charge in [-0.3, -0.25) is 19.2 Å². The number of amides is 4. The first-order valence-electron chi connectivity index (χ1n) is 21.5. The molecule has 0 bridgehead atoms. The summed E-state index contributed by atoms with van der Waals surface area (Å²) in [6.45, 7) is 12.5. The van der Waals surface area contributed by atoms with Crippen LogP contribution in [-0.4, -0.2) is 90.0 Å². The van der Waals surface area contributed by atoms with E-state index in [4.69, 9.17) is 19.2 Å². The third kappa shape index (κ3) is 12.0. The van der Waals surface area contributed by atoms with E-state index < -0.39 is 64.7 Å². The van der Waals surface area contributed by atoms with Gasteiger partial charge >= 0.3 is 5.97 Å². The Kier molecular flexibility index (Phi) is 15.2. The van der Waals surface area contributed by atoms with Crippen LogP contribution in [0.15, 0.2) is 54.6 Å². The summed E-state index contributed by atoms with van der Waals surface area (Å²) in [7, 11) is 3.37. The van der Waals surface area contributed by atoms with Gasteiger partial charge in [-0.05, 0) is 70.4 Å². The molecule has 326 valence electrons. The minimum absolute atomic E-state index is 0.145. The number of nitrogens with one attached hydrogen (secondary N) is 3. The predicted octanol–water partition coefficient (Wildman–Crippen LogP) is 6.75. The number of fused-ring (bicyclic) bond motifs is 1. The van der Waals surface area contributed by atoms with E-state index in [1.165, 1.54) is 0 Å². The average Bonchev–Trinajstić information content (AvgIpc) is 3.64. The van der Waals surface area contributed by atoms with E-state index in [9.17, 15) is 24.0 Å². The Morgan fingerprint density at radius 3 is 2.12 bits per heavy atom. The van der Waals surface area contributed by atoms with Crippen LogP contribution in [0.3, 0.4) is 0 Å². The minimum Gasteiger partial charge on any atom is -0.497 e. The number of esters is 1. The summed E-state index contributed by atoms with van der Waals surface area (Å²) in [5, 5.41) is 9.38. The molecule has 0 unspecified atom stereocenters. The number of likely N-dealkylation sites (N-methyl/N-ethyl adjacent to an activating group) is 1. The molecule has 13 heteroatoms. The molecule has 13 nitrogen and oxygen atoms in total. The summed E-state index contributed by atoms with van der Waals surface area (Å²) in [5.74, 6) is -2.89. The van der Waals surface area contributed by atoms with Gasteiger partial charge in [-0.25, -0.2) is 9.78 Å². The SMILES string of the molecule is CCC[C@H](NC(=O)[C@@H]1C[C@@H](Oc2cc(-c3ccccc3)nc3cc(OC)ccc23)C[C@H]1C(=O)N[C@H](C(=O)NCC(=O)N(C)C1CCCCC1)C(C)(C)C)C(=O)OC(C)(C)C. The number of hydrogen-bond donors (Lipinski definition) is 3. The number of carbonyl (C=O) groups is 5. The van der Waals surface area contributed by atoms with Gasteiger partial charge in [0.05, 0.1) is 36.7 Å². The van der Waals surface area contributed by atoms with Crippen LogP contribution in [0.25, 0.3) is 22.2 Å². The molecule has 0 saturated heterocycles. The van der Waals surface area contributed by atoms with E-state index in [0.29, 0.717) is 35.6 Å². The fraction of sp³-hybridized carbons (Fsp3) is 0.574. The quantitative estimate of drug-likeness (QED) is 0.141. The maximum Gasteiger partial charge on any atom is 0.329 e. The lowest BCUT2D eigenvalue weighted by atomic mass is 9.85. The summed E-state index contributed by atoms with van der Waals surface area (Å²) in [5.41, 5.74) is 0.685. The zero-order valence-electron chi connectivity index (χ0n) is 36.9. The number of ether oxygens (including phenoxy) is 3. The van der Waals surface area contributed by atoms with E-state index in [1.54, 1.807) is 39.8 Å². The van der Waals surface area contributed by atoms with Gasteiger partial charge in [-0.15, -0.1) is 0 Å². The van der Waals surface area contributed by atoms with Crippen LogP contribution in [0, 0.1) is 17.3 Å². The van der Waals surface area contributed by atoms with Crippen molar-refractivity contribution in [2.45, 2.75) is 136 Å². The Morgan fingerprint density at radius 1 is 0.867 bits per heavy atom. The van der Waals surface area contributed by atoms with Crippen molar-refractivity contribution in [1.29, 1.82) is 0 Å². The molecule has 0 aliphatic heterocycles. The van der Waals surface area contributed by atoms with Crippen LogP contribution >= 0.6 is 0 Å². The number of aromatic nitrogens is 1. The molecule has 2 aromatic carbocycles. The van der Waals surface area contributed by atoms with E-state index in [0.717, 1.165) is 43.1 Å². The molecule has 2 aliphatic carbocycles. The molecule has 2 saturated carbocycles. The third-order valence-electron chi connectivity index (χ3n) is 11.5. The molecule has 0 radical (unpaired) electrons. The first-order chi connectivity index (χ1) is 28.4. The largest absolute Gasteiger partial charge is 0.497 e. The molecule has 3 aromatic rings. The van der Waals surface area contributed by atoms with E-state index >= 15 is 0 Å². The molecule has 1 heterocycles. The van der Waals surface area contributed by atoms with Gasteiger partial charge in [-0.1, -0.05) is 83.7 Å². The standard InChI is InChI=1S/C47H65N5O8/c1-10-17-36(45(57)60-47(5,6)7)50-42(54)34-24-32(59-39-27-37(29-18-13-11-14-19-29)49-38-26-31(58-9)22-23-33(38)39)25-35(34)43(55)51-41(46(2,3)4)44(56)48-28-40(53)52(8)30-20-15-12-16-21-30/h11,13-14,18-19,22-23,26-27,30,32,34-36,41H,10,12,15-17,20-21,24-25,28H2,1-9H3,(H,48,56)(H,50,54)(H,51,55)/t32-,34-,35-,36+,41-/m1/s1. The molecular weight excluding hydrogens is 763 g/mol. The molecule has 4 amide bonds. The third-order valence-corrected chi connectivity index (χ3v) is 11.5. The number of pyridine rings is 1. The molecule has 1 aromatic heterocycles. The van der Waals surface area contributed by atoms with E-state index in [1.807, 2.05) is 82.3 Å². The maximum atomic E-state index is 14.5. The van der Waals surface area contributed by atoms with E-state index in [-0.39, 0.29) is 31.3 Å². The second-order valence-electron chi connectivity index (χ2n) is 18.4. The van der Waals surface area contributed by atoms with Crippen LogP contribution in [0.1, 0.15) is 106 Å². The van der Waals surface area contributed by atoms with Gasteiger partial charge in [-0.2, -0.15) is 0 Å². The number of nitrogens with zero attached hydrogens (tertiary/aromatic N) is 2. The van der Waals surface area contributed by atoms with Crippen molar-refractivity contribution in [2.75, 3.05) is 20.7 Å². The average molecular weight is 828 g/mol. The number of hydrogen-bond acceptors (Lipinski definition) is 9. The first kappa shape index (κ1) is 45.9. The number of carbonyl (C=O) groups excluding carboxylic acids is 5. The predicted molar refractivity (Wildman–Crippen MR) is 231 cm³/mol. The zero-order valence-corrected chi connectivity index (χ0v) is 36.9. The molecule has 60 heavy (non-hydrogen) atoms. The Balaban J connectivity index is 1.42. The number of benzene rings is 2. The lowest BCUT2D eigenvalue weighted by Crippen LogP contribution is -2.57. The molecule has 2 aliphatic rings. The lowest BCUT2D eigenvalue weighted by Gasteiger charge is -2.33. The fourth-order valence-corrected chi connectivity index (χ4v) is 8.18. The summed E-state index contributed by atoms with van der Waals surface area (Å²) in [6, 6.07) is 15.3. The van der Waals surface area contributed by atoms with Crippen molar-refractivity contribution in [3.05, 3.63) is 54.6 Å². The Hall–Kier alpha value is -5.20. The molecule has 5 atom stereocenters. The highest BCUT2D eigenvalue weighted by atomic mass is 16.6. The highest BCUT2D eigenvalue weighted by Gasteiger charge is 2.46. The Bertz CT molecular complexity index is 1980. The van der Waals surface area contributed by atoms with E-state index in [2.05, 4.69) is 16.0 Å². The van der Waals surface area contributed by atoms with Crippen molar-refractivity contribution in [1.82, 2.24) is 25.8 Å². The van der Waals surface area contributed by atoms with Crippen LogP contribution in [0.4, 0.5) is 0 Å². The number of rotatable bonds is 15. The first-order valence-corrected chi connectivity index (χ1v) is 21.5. The Labute approximate surface area is 355 Å². The molecule has 0 spiro atoms. The van der Waals surface area contributed by atoms with Gasteiger partial charge in [0.25, 0.3) is 0 Å². The number of methoxy groups -OCH3 is 1. The second-order valence-corrected chi connectivity index (χ2v) is 18.4. The zero-order chi connectivity index (χ0) is 43.8. The van der Waals surface area contributed by atoms with Gasteiger partial charge in [0, 0.05) is 36.2 Å². The van der Waals surface area contributed by atoms with Crippen molar-refractivity contribution in [3.63, 3.8) is 0 Å².